The van der Waals surface area contributed by atoms with Crippen LogP contribution in [-0.4, -0.2) is 73.0 Å². The van der Waals surface area contributed by atoms with E-state index in [9.17, 15) is 19.5 Å². The third-order valence-corrected chi connectivity index (χ3v) is 6.08. The number of carbonyl (C=O) groups excluding carboxylic acids is 3. The number of ketones is 1. The van der Waals surface area contributed by atoms with E-state index < -0.39 is 23.7 Å². The first-order chi connectivity index (χ1) is 16.4. The highest BCUT2D eigenvalue weighted by Gasteiger charge is 2.46. The first-order valence-corrected chi connectivity index (χ1v) is 11.2. The monoisotopic (exact) mass is 466 g/mol. The molecular formula is C26H30N2O6. The molecule has 0 saturated carbocycles. The summed E-state index contributed by atoms with van der Waals surface area (Å²) in [6.45, 7) is 6.57. The zero-order valence-corrected chi connectivity index (χ0v) is 19.9. The molecule has 8 heteroatoms. The van der Waals surface area contributed by atoms with Gasteiger partial charge in [0.1, 0.15) is 11.5 Å². The molecule has 1 fully saturated rings. The summed E-state index contributed by atoms with van der Waals surface area (Å²) in [6.07, 6.45) is 0. The normalized spacial score (nSPS) is 17.3. The lowest BCUT2D eigenvalue weighted by Gasteiger charge is -2.28. The van der Waals surface area contributed by atoms with Crippen molar-refractivity contribution in [3.05, 3.63) is 70.8 Å². The van der Waals surface area contributed by atoms with Crippen molar-refractivity contribution < 1.29 is 29.0 Å². The summed E-state index contributed by atoms with van der Waals surface area (Å²) < 4.78 is 10.00. The number of ether oxygens (including phenoxy) is 2. The molecular weight excluding hydrogens is 436 g/mol. The van der Waals surface area contributed by atoms with Crippen molar-refractivity contribution >= 4 is 23.4 Å². The number of Topliss-reactive ketones (excluding diaryl/α,β-unsaturated/α-hetero) is 1. The third kappa shape index (κ3) is 4.97. The Morgan fingerprint density at radius 1 is 1.03 bits per heavy atom. The first-order valence-electron chi connectivity index (χ1n) is 11.2. The Balaban J connectivity index is 2.11. The van der Waals surface area contributed by atoms with Crippen LogP contribution in [0.3, 0.4) is 0 Å². The van der Waals surface area contributed by atoms with Crippen LogP contribution in [0.1, 0.15) is 41.4 Å². The highest BCUT2D eigenvalue weighted by molar-refractivity contribution is 6.46. The van der Waals surface area contributed by atoms with E-state index in [1.165, 1.54) is 19.1 Å². The molecule has 180 valence electrons. The van der Waals surface area contributed by atoms with Crippen LogP contribution < -0.4 is 4.74 Å². The van der Waals surface area contributed by atoms with Gasteiger partial charge < -0.3 is 24.4 Å². The average Bonchev–Trinajstić information content (AvgIpc) is 3.13. The van der Waals surface area contributed by atoms with Crippen LogP contribution in [0.4, 0.5) is 0 Å². The summed E-state index contributed by atoms with van der Waals surface area (Å²) in [4.78, 5) is 41.7. The number of carbonyl (C=O) groups is 3. The fraction of sp³-hybridized carbons (Fsp3) is 0.346. The summed E-state index contributed by atoms with van der Waals surface area (Å²) in [5.41, 5.74) is 1.33. The van der Waals surface area contributed by atoms with Crippen molar-refractivity contribution in [2.45, 2.75) is 19.9 Å². The van der Waals surface area contributed by atoms with Gasteiger partial charge in [0.2, 0.25) is 0 Å². The number of hydrogen-bond donors (Lipinski definition) is 1. The summed E-state index contributed by atoms with van der Waals surface area (Å²) in [6, 6.07) is 12.4. The van der Waals surface area contributed by atoms with E-state index in [0.717, 1.165) is 13.1 Å². The molecule has 8 nitrogen and oxygen atoms in total. The molecule has 0 aliphatic carbocycles. The van der Waals surface area contributed by atoms with E-state index in [0.29, 0.717) is 35.5 Å². The Bertz CT molecular complexity index is 1090. The lowest BCUT2D eigenvalue weighted by Crippen LogP contribution is -2.38. The maximum absolute atomic E-state index is 13.1. The maximum atomic E-state index is 13.1. The number of likely N-dealkylation sites (tertiary alicyclic amines) is 1. The van der Waals surface area contributed by atoms with Gasteiger partial charge in [-0.05, 0) is 42.9 Å². The Morgan fingerprint density at radius 2 is 1.71 bits per heavy atom. The van der Waals surface area contributed by atoms with Crippen LogP contribution in [0.5, 0.6) is 5.75 Å². The van der Waals surface area contributed by atoms with Gasteiger partial charge >= 0.3 is 5.97 Å². The van der Waals surface area contributed by atoms with Crippen molar-refractivity contribution in [1.29, 1.82) is 0 Å². The molecule has 1 saturated heterocycles. The number of benzene rings is 2. The molecule has 2 aromatic carbocycles. The predicted octanol–water partition coefficient (Wildman–Crippen LogP) is 3.25. The highest BCUT2D eigenvalue weighted by atomic mass is 16.5. The SMILES string of the molecule is CCN(CC)CCN1C(=O)C(=O)/C(=C(/O)c2cccc(OC)c2)C1c1ccc(C(=O)OC)cc1. The standard InChI is InChI=1S/C26H30N2O6/c1-5-27(6-2)14-15-28-22(17-10-12-18(13-11-17)26(32)34-4)21(24(30)25(28)31)23(29)19-8-7-9-20(16-19)33-3/h7-13,16,22,29H,5-6,14-15H2,1-4H3/b23-21+. The van der Waals surface area contributed by atoms with E-state index in [1.807, 2.05) is 13.8 Å². The van der Waals surface area contributed by atoms with E-state index >= 15 is 0 Å². The van der Waals surface area contributed by atoms with Crippen molar-refractivity contribution in [1.82, 2.24) is 9.80 Å². The fourth-order valence-electron chi connectivity index (χ4n) is 4.09. The molecule has 2 aromatic rings. The Hall–Kier alpha value is -3.65. The molecule has 0 bridgehead atoms. The Labute approximate surface area is 199 Å². The molecule has 0 spiro atoms. The molecule has 3 rings (SSSR count). The van der Waals surface area contributed by atoms with Crippen molar-refractivity contribution in [2.75, 3.05) is 40.4 Å². The Morgan fingerprint density at radius 3 is 2.29 bits per heavy atom. The van der Waals surface area contributed by atoms with Gasteiger partial charge in [-0.15, -0.1) is 0 Å². The van der Waals surface area contributed by atoms with Crippen LogP contribution in [0.25, 0.3) is 5.76 Å². The maximum Gasteiger partial charge on any atom is 0.337 e. The molecule has 1 N–H and O–H groups in total. The second-order valence-electron chi connectivity index (χ2n) is 7.86. The number of aliphatic hydroxyl groups is 1. The number of rotatable bonds is 9. The number of aliphatic hydroxyl groups excluding tert-OH is 1. The van der Waals surface area contributed by atoms with Gasteiger partial charge in [-0.25, -0.2) is 4.79 Å². The van der Waals surface area contributed by atoms with Gasteiger partial charge in [-0.2, -0.15) is 0 Å². The largest absolute Gasteiger partial charge is 0.507 e. The molecule has 1 heterocycles. The smallest absolute Gasteiger partial charge is 0.337 e. The number of methoxy groups -OCH3 is 2. The minimum absolute atomic E-state index is 0.00335. The third-order valence-electron chi connectivity index (χ3n) is 6.08. The molecule has 1 aliphatic rings. The lowest BCUT2D eigenvalue weighted by molar-refractivity contribution is -0.140. The van der Waals surface area contributed by atoms with Gasteiger partial charge in [0, 0.05) is 18.7 Å². The van der Waals surface area contributed by atoms with Crippen LogP contribution >= 0.6 is 0 Å². The quantitative estimate of drug-likeness (QED) is 0.262. The number of amides is 1. The van der Waals surface area contributed by atoms with Gasteiger partial charge in [-0.3, -0.25) is 9.59 Å². The van der Waals surface area contributed by atoms with Crippen LogP contribution in [0.15, 0.2) is 54.1 Å². The van der Waals surface area contributed by atoms with Gasteiger partial charge in [0.25, 0.3) is 11.7 Å². The van der Waals surface area contributed by atoms with E-state index in [1.54, 1.807) is 48.5 Å². The van der Waals surface area contributed by atoms with E-state index in [-0.39, 0.29) is 11.3 Å². The van der Waals surface area contributed by atoms with Gasteiger partial charge in [-0.1, -0.05) is 38.1 Å². The summed E-state index contributed by atoms with van der Waals surface area (Å²) >= 11 is 0. The number of nitrogens with zero attached hydrogens (tertiary/aromatic N) is 2. The summed E-state index contributed by atoms with van der Waals surface area (Å²) in [5, 5.41) is 11.2. The molecule has 1 unspecified atom stereocenters. The fourth-order valence-corrected chi connectivity index (χ4v) is 4.09. The van der Waals surface area contributed by atoms with Crippen LogP contribution in [0, 0.1) is 0 Å². The first kappa shape index (κ1) is 25.0. The molecule has 0 aromatic heterocycles. The van der Waals surface area contributed by atoms with Crippen molar-refractivity contribution in [3.8, 4) is 5.75 Å². The zero-order valence-electron chi connectivity index (χ0n) is 19.9. The molecule has 34 heavy (non-hydrogen) atoms. The van der Waals surface area contributed by atoms with E-state index in [4.69, 9.17) is 9.47 Å². The number of likely N-dealkylation sites (N-methyl/N-ethyl adjacent to an activating group) is 1. The summed E-state index contributed by atoms with van der Waals surface area (Å²) in [5.74, 6) is -1.66. The van der Waals surface area contributed by atoms with Crippen LogP contribution in [0.2, 0.25) is 0 Å². The van der Waals surface area contributed by atoms with Gasteiger partial charge in [0.05, 0.1) is 31.4 Å². The average molecular weight is 467 g/mol. The topological polar surface area (TPSA) is 96.4 Å². The van der Waals surface area contributed by atoms with Crippen LogP contribution in [-0.2, 0) is 14.3 Å². The second-order valence-corrected chi connectivity index (χ2v) is 7.86. The van der Waals surface area contributed by atoms with E-state index in [2.05, 4.69) is 4.90 Å². The summed E-state index contributed by atoms with van der Waals surface area (Å²) in [7, 11) is 2.81. The minimum Gasteiger partial charge on any atom is -0.507 e. The molecule has 1 atom stereocenters. The van der Waals surface area contributed by atoms with Gasteiger partial charge in [0.15, 0.2) is 0 Å². The Kier molecular flexibility index (Phi) is 8.07. The van der Waals surface area contributed by atoms with Crippen molar-refractivity contribution in [3.63, 3.8) is 0 Å². The molecule has 1 amide bonds. The highest BCUT2D eigenvalue weighted by Crippen LogP contribution is 2.39. The second kappa shape index (κ2) is 11.0. The van der Waals surface area contributed by atoms with Crippen molar-refractivity contribution in [2.24, 2.45) is 0 Å². The number of esters is 1. The minimum atomic E-state index is -0.798. The lowest BCUT2D eigenvalue weighted by atomic mass is 9.94. The molecule has 1 aliphatic heterocycles. The molecule has 0 radical (unpaired) electrons. The predicted molar refractivity (Wildman–Crippen MR) is 128 cm³/mol. The zero-order chi connectivity index (χ0) is 24.8. The number of hydrogen-bond acceptors (Lipinski definition) is 7.